The summed E-state index contributed by atoms with van der Waals surface area (Å²) in [5.74, 6) is 0. The van der Waals surface area contributed by atoms with Gasteiger partial charge in [-0.15, -0.1) is 0 Å². The number of aromatic nitrogens is 1. The van der Waals surface area contributed by atoms with E-state index in [2.05, 4.69) is 253 Å². The van der Waals surface area contributed by atoms with Gasteiger partial charge in [-0.3, -0.25) is 0 Å². The smallest absolute Gasteiger partial charge is 0.145 e. The van der Waals surface area contributed by atoms with Gasteiger partial charge in [0.05, 0.1) is 22.1 Å². The second-order valence-corrected chi connectivity index (χ2v) is 17.3. The molecule has 13 aromatic rings. The molecule has 0 bridgehead atoms. The maximum Gasteiger partial charge on any atom is 0.145 e. The highest BCUT2D eigenvalue weighted by Crippen LogP contribution is 2.48. The van der Waals surface area contributed by atoms with Crippen LogP contribution in [0.3, 0.4) is 0 Å². The quantitative estimate of drug-likeness (QED) is 0.149. The fourth-order valence-corrected chi connectivity index (χ4v) is 10.4. The van der Waals surface area contributed by atoms with Crippen LogP contribution in [0.4, 0.5) is 17.1 Å². The Bertz CT molecular complexity index is 3950. The maximum atomic E-state index is 7.00. The first-order valence-corrected chi connectivity index (χ1v) is 22.7. The molecule has 13 rings (SSSR count). The van der Waals surface area contributed by atoms with Crippen molar-refractivity contribution < 1.29 is 4.42 Å². The van der Waals surface area contributed by atoms with Crippen LogP contribution in [0.2, 0.25) is 0 Å². The fourth-order valence-electron chi connectivity index (χ4n) is 10.4. The summed E-state index contributed by atoms with van der Waals surface area (Å²) in [5, 5.41) is 9.65. The molecule has 11 aromatic carbocycles. The monoisotopic (exact) mass is 842 g/mol. The van der Waals surface area contributed by atoms with E-state index in [1.807, 2.05) is 0 Å². The van der Waals surface area contributed by atoms with Crippen LogP contribution in [0.25, 0.3) is 104 Å². The number of furan rings is 1. The molecule has 0 radical (unpaired) electrons. The molecule has 2 aromatic heterocycles. The predicted molar refractivity (Wildman–Crippen MR) is 279 cm³/mol. The molecule has 66 heavy (non-hydrogen) atoms. The van der Waals surface area contributed by atoms with Crippen molar-refractivity contribution in [2.24, 2.45) is 0 Å². The van der Waals surface area contributed by atoms with Crippen molar-refractivity contribution in [3.05, 3.63) is 242 Å². The van der Waals surface area contributed by atoms with Crippen LogP contribution in [0.15, 0.2) is 241 Å². The van der Waals surface area contributed by atoms with Gasteiger partial charge in [-0.2, -0.15) is 0 Å². The molecule has 0 fully saturated rings. The highest BCUT2D eigenvalue weighted by Gasteiger charge is 2.24. The van der Waals surface area contributed by atoms with Crippen LogP contribution in [-0.2, 0) is 0 Å². The van der Waals surface area contributed by atoms with E-state index in [0.29, 0.717) is 0 Å². The van der Waals surface area contributed by atoms with Crippen molar-refractivity contribution in [3.63, 3.8) is 0 Å². The summed E-state index contributed by atoms with van der Waals surface area (Å²) in [6.45, 7) is 2.23. The third-order valence-electron chi connectivity index (χ3n) is 13.5. The minimum atomic E-state index is 0.856. The first-order chi connectivity index (χ1) is 32.7. The number of nitrogens with zero attached hydrogens (tertiary/aromatic N) is 2. The SMILES string of the molecule is Cc1cc(-c2ccccc2)ccc1N(c1ccc(-c2cc3ccccc3c3ccccc23)cc1)c1ccc(-c2cccc(-n3c4ccccc4c4ccccc43)c2)c2oc3ccccc3c12. The van der Waals surface area contributed by atoms with Gasteiger partial charge in [-0.25, -0.2) is 0 Å². The van der Waals surface area contributed by atoms with E-state index < -0.39 is 0 Å². The van der Waals surface area contributed by atoms with Crippen LogP contribution >= 0.6 is 0 Å². The molecule has 0 unspecified atom stereocenters. The second-order valence-electron chi connectivity index (χ2n) is 17.3. The van der Waals surface area contributed by atoms with E-state index >= 15 is 0 Å². The standard InChI is InChI=1S/C63H42N2O/c1-41-38-44(42-16-3-2-4-17-42)32-36-57(41)64(47-33-30-43(31-34-47)56-40-46-18-5-6-21-49(46)51-22-7-8-23-52(51)56)60-37-35-50(63-62(60)55-26-11-14-29-61(55)66-63)45-19-15-20-48(39-45)65-58-27-12-9-24-53(58)54-25-10-13-28-59(54)65/h2-40H,1H3. The molecule has 3 nitrogen and oxygen atoms in total. The van der Waals surface area contributed by atoms with Gasteiger partial charge < -0.3 is 13.9 Å². The van der Waals surface area contributed by atoms with Crippen molar-refractivity contribution in [2.75, 3.05) is 4.90 Å². The molecule has 0 atom stereocenters. The summed E-state index contributed by atoms with van der Waals surface area (Å²) in [5.41, 5.74) is 16.5. The van der Waals surface area contributed by atoms with Gasteiger partial charge in [0.2, 0.25) is 0 Å². The largest absolute Gasteiger partial charge is 0.455 e. The van der Waals surface area contributed by atoms with Crippen molar-refractivity contribution in [3.8, 4) is 39.1 Å². The van der Waals surface area contributed by atoms with Gasteiger partial charge in [0, 0.05) is 38.8 Å². The highest BCUT2D eigenvalue weighted by molar-refractivity contribution is 6.18. The van der Waals surface area contributed by atoms with Gasteiger partial charge in [0.1, 0.15) is 11.2 Å². The first-order valence-electron chi connectivity index (χ1n) is 22.7. The first kappa shape index (κ1) is 37.9. The van der Waals surface area contributed by atoms with Gasteiger partial charge in [0.15, 0.2) is 0 Å². The van der Waals surface area contributed by atoms with E-state index in [4.69, 9.17) is 4.42 Å². The molecule has 0 aliphatic carbocycles. The average molecular weight is 843 g/mol. The lowest BCUT2D eigenvalue weighted by Gasteiger charge is -2.28. The number of rotatable bonds is 7. The van der Waals surface area contributed by atoms with Crippen molar-refractivity contribution >= 4 is 82.4 Å². The van der Waals surface area contributed by atoms with Crippen LogP contribution in [0, 0.1) is 6.92 Å². The van der Waals surface area contributed by atoms with Gasteiger partial charge in [-0.1, -0.05) is 164 Å². The average Bonchev–Trinajstić information content (AvgIpc) is 3.94. The molecule has 0 amide bonds. The van der Waals surface area contributed by atoms with Crippen LogP contribution < -0.4 is 4.90 Å². The summed E-state index contributed by atoms with van der Waals surface area (Å²) in [6.07, 6.45) is 0. The Labute approximate surface area is 382 Å². The van der Waals surface area contributed by atoms with E-state index in [1.54, 1.807) is 0 Å². The van der Waals surface area contributed by atoms with E-state index in [0.717, 1.165) is 55.8 Å². The third-order valence-corrected chi connectivity index (χ3v) is 13.5. The Balaban J connectivity index is 1.01. The van der Waals surface area contributed by atoms with Crippen LogP contribution in [0.5, 0.6) is 0 Å². The molecule has 2 heterocycles. The van der Waals surface area contributed by atoms with Crippen molar-refractivity contribution in [1.29, 1.82) is 0 Å². The van der Waals surface area contributed by atoms with E-state index in [1.165, 1.54) is 71.2 Å². The number of hydrogen-bond acceptors (Lipinski definition) is 2. The summed E-state index contributed by atoms with van der Waals surface area (Å²) >= 11 is 0. The molecule has 0 aliphatic rings. The van der Waals surface area contributed by atoms with Gasteiger partial charge in [0.25, 0.3) is 0 Å². The zero-order chi connectivity index (χ0) is 43.7. The number of benzene rings is 11. The van der Waals surface area contributed by atoms with E-state index in [-0.39, 0.29) is 0 Å². The lowest BCUT2D eigenvalue weighted by Crippen LogP contribution is -2.12. The van der Waals surface area contributed by atoms with Gasteiger partial charge >= 0.3 is 0 Å². The number of hydrogen-bond donors (Lipinski definition) is 0. The normalized spacial score (nSPS) is 11.7. The minimum absolute atomic E-state index is 0.856. The van der Waals surface area contributed by atoms with Crippen LogP contribution in [-0.4, -0.2) is 4.57 Å². The molecule has 0 saturated carbocycles. The Morgan fingerprint density at radius 1 is 0.379 bits per heavy atom. The number of aryl methyl sites for hydroxylation is 1. The minimum Gasteiger partial charge on any atom is -0.455 e. The molecular weight excluding hydrogens is 801 g/mol. The fraction of sp³-hybridized carbons (Fsp3) is 0.0159. The summed E-state index contributed by atoms with van der Waals surface area (Å²) in [7, 11) is 0. The topological polar surface area (TPSA) is 21.3 Å². The molecule has 3 heteroatoms. The van der Waals surface area contributed by atoms with Crippen molar-refractivity contribution in [2.45, 2.75) is 6.92 Å². The lowest BCUT2D eigenvalue weighted by molar-refractivity contribution is 0.670. The Morgan fingerprint density at radius 2 is 0.985 bits per heavy atom. The molecule has 0 spiro atoms. The Kier molecular flexibility index (Phi) is 8.75. The molecule has 310 valence electrons. The Morgan fingerprint density at radius 3 is 1.74 bits per heavy atom. The predicted octanol–water partition coefficient (Wildman–Crippen LogP) is 17.8. The Hall–Kier alpha value is -8.66. The molecule has 0 saturated heterocycles. The van der Waals surface area contributed by atoms with Gasteiger partial charge in [-0.05, 0) is 135 Å². The lowest BCUT2D eigenvalue weighted by atomic mass is 9.93. The number of fused-ring (bicyclic) bond motifs is 9. The zero-order valence-electron chi connectivity index (χ0n) is 36.3. The number of anilines is 3. The summed E-state index contributed by atoms with van der Waals surface area (Å²) in [4.78, 5) is 2.43. The van der Waals surface area contributed by atoms with Crippen molar-refractivity contribution in [1.82, 2.24) is 4.57 Å². The zero-order valence-corrected chi connectivity index (χ0v) is 36.3. The highest BCUT2D eigenvalue weighted by atomic mass is 16.3. The summed E-state index contributed by atoms with van der Waals surface area (Å²) in [6, 6.07) is 85.7. The second kappa shape index (κ2) is 15.3. The maximum absolute atomic E-state index is 7.00. The molecule has 0 aliphatic heterocycles. The van der Waals surface area contributed by atoms with Crippen LogP contribution in [0.1, 0.15) is 5.56 Å². The summed E-state index contributed by atoms with van der Waals surface area (Å²) < 4.78 is 9.38. The molecular formula is C63H42N2O. The molecule has 0 N–H and O–H groups in total. The van der Waals surface area contributed by atoms with E-state index in [9.17, 15) is 0 Å². The third kappa shape index (κ3) is 6.05. The number of para-hydroxylation sites is 3.